The fraction of sp³-hybridized carbons (Fsp3) is 0.192. The lowest BCUT2D eigenvalue weighted by Crippen LogP contribution is -2.38. The van der Waals surface area contributed by atoms with Crippen molar-refractivity contribution in [2.24, 2.45) is 0 Å². The molecular weight excluding hydrogens is 482 g/mol. The molecule has 1 aliphatic rings. The molecule has 1 atom stereocenters. The van der Waals surface area contributed by atoms with E-state index in [2.05, 4.69) is 10.3 Å². The topological polar surface area (TPSA) is 80.8 Å². The van der Waals surface area contributed by atoms with Gasteiger partial charge in [0, 0.05) is 16.6 Å². The van der Waals surface area contributed by atoms with Gasteiger partial charge in [-0.1, -0.05) is 41.7 Å². The number of rotatable bonds is 6. The van der Waals surface area contributed by atoms with Crippen LogP contribution in [-0.2, 0) is 9.59 Å². The van der Waals surface area contributed by atoms with Gasteiger partial charge in [0.25, 0.3) is 0 Å². The van der Waals surface area contributed by atoms with Crippen LogP contribution < -0.4 is 19.7 Å². The van der Waals surface area contributed by atoms with E-state index < -0.39 is 0 Å². The minimum Gasteiger partial charge on any atom is -0.493 e. The minimum atomic E-state index is -0.290. The smallest absolute Gasteiger partial charge is 0.246 e. The van der Waals surface area contributed by atoms with Crippen LogP contribution in [0.4, 0.5) is 10.8 Å². The Balaban J connectivity index is 1.39. The molecule has 1 aromatic heterocycles. The second kappa shape index (κ2) is 9.97. The normalized spacial score (nSPS) is 15.4. The molecule has 178 valence electrons. The van der Waals surface area contributed by atoms with Crippen molar-refractivity contribution in [3.63, 3.8) is 0 Å². The zero-order valence-electron chi connectivity index (χ0n) is 19.2. The fourth-order valence-electron chi connectivity index (χ4n) is 4.02. The summed E-state index contributed by atoms with van der Waals surface area (Å²) in [5.74, 6) is 0.834. The summed E-state index contributed by atoms with van der Waals surface area (Å²) in [5, 5.41) is 3.24. The standard InChI is InChI=1S/C26H23N3O4S2/c1-32-19-12-11-16(13-20(19)33-2)23-14-25(31)29(18-8-4-6-10-22(18)34-23)15-24(30)28-26-27-17-7-3-5-9-21(17)35-26/h3-13,23H,14-15H2,1-2H3,(H,27,28,30). The van der Waals surface area contributed by atoms with Crippen molar-refractivity contribution in [2.75, 3.05) is 31.0 Å². The number of thiazole rings is 1. The van der Waals surface area contributed by atoms with Crippen LogP contribution in [0.2, 0.25) is 0 Å². The number of thioether (sulfide) groups is 1. The summed E-state index contributed by atoms with van der Waals surface area (Å²) in [7, 11) is 3.18. The molecule has 0 bridgehead atoms. The van der Waals surface area contributed by atoms with Gasteiger partial charge in [0.1, 0.15) is 6.54 Å². The van der Waals surface area contributed by atoms with Crippen LogP contribution in [0.3, 0.4) is 0 Å². The molecule has 2 heterocycles. The first-order chi connectivity index (χ1) is 17.1. The lowest BCUT2D eigenvalue weighted by molar-refractivity contribution is -0.121. The first-order valence-corrected chi connectivity index (χ1v) is 12.7. The van der Waals surface area contributed by atoms with Crippen LogP contribution in [-0.4, -0.2) is 37.6 Å². The molecule has 2 amide bonds. The van der Waals surface area contributed by atoms with Gasteiger partial charge < -0.3 is 19.7 Å². The molecule has 4 aromatic rings. The van der Waals surface area contributed by atoms with Crippen molar-refractivity contribution in [1.82, 2.24) is 4.98 Å². The average Bonchev–Trinajstić information content (AvgIpc) is 3.22. The van der Waals surface area contributed by atoms with Gasteiger partial charge in [0.15, 0.2) is 16.6 Å². The molecule has 1 aliphatic heterocycles. The number of ether oxygens (including phenoxy) is 2. The Morgan fingerprint density at radius 3 is 2.63 bits per heavy atom. The number of fused-ring (bicyclic) bond motifs is 2. The Morgan fingerprint density at radius 1 is 1.06 bits per heavy atom. The molecule has 0 aliphatic carbocycles. The third-order valence-electron chi connectivity index (χ3n) is 5.71. The van der Waals surface area contributed by atoms with Crippen LogP contribution in [0, 0.1) is 0 Å². The van der Waals surface area contributed by atoms with Gasteiger partial charge in [-0.3, -0.25) is 9.59 Å². The van der Waals surface area contributed by atoms with E-state index in [4.69, 9.17) is 9.47 Å². The van der Waals surface area contributed by atoms with Gasteiger partial charge in [-0.15, -0.1) is 11.8 Å². The highest BCUT2D eigenvalue weighted by Crippen LogP contribution is 2.46. The third-order valence-corrected chi connectivity index (χ3v) is 7.98. The van der Waals surface area contributed by atoms with Crippen LogP contribution in [0.25, 0.3) is 10.2 Å². The van der Waals surface area contributed by atoms with E-state index >= 15 is 0 Å². The summed E-state index contributed by atoms with van der Waals surface area (Å²) in [5.41, 5.74) is 2.51. The number of hydrogen-bond acceptors (Lipinski definition) is 7. The molecule has 9 heteroatoms. The van der Waals surface area contributed by atoms with E-state index in [9.17, 15) is 9.59 Å². The summed E-state index contributed by atoms with van der Waals surface area (Å²) < 4.78 is 11.8. The summed E-state index contributed by atoms with van der Waals surface area (Å²) in [6.45, 7) is -0.0923. The van der Waals surface area contributed by atoms with Crippen LogP contribution in [0.5, 0.6) is 11.5 Å². The van der Waals surface area contributed by atoms with Gasteiger partial charge in [-0.05, 0) is 42.0 Å². The Kier molecular flexibility index (Phi) is 6.61. The van der Waals surface area contributed by atoms with Gasteiger partial charge in [-0.25, -0.2) is 4.98 Å². The highest BCUT2D eigenvalue weighted by molar-refractivity contribution is 7.99. The summed E-state index contributed by atoms with van der Waals surface area (Å²) >= 11 is 3.01. The molecule has 0 saturated carbocycles. The monoisotopic (exact) mass is 505 g/mol. The molecule has 0 fully saturated rings. The number of nitrogens with zero attached hydrogens (tertiary/aromatic N) is 2. The number of benzene rings is 3. The number of para-hydroxylation sites is 2. The van der Waals surface area contributed by atoms with Crippen LogP contribution >= 0.6 is 23.1 Å². The van der Waals surface area contributed by atoms with Crippen LogP contribution in [0.1, 0.15) is 17.2 Å². The summed E-state index contributed by atoms with van der Waals surface area (Å²) in [4.78, 5) is 33.3. The van der Waals surface area contributed by atoms with E-state index in [1.165, 1.54) is 11.3 Å². The SMILES string of the molecule is COc1ccc(C2CC(=O)N(CC(=O)Nc3nc4ccccc4s3)c3ccccc3S2)cc1OC. The van der Waals surface area contributed by atoms with E-state index in [1.54, 1.807) is 30.9 Å². The Hall–Kier alpha value is -3.56. The van der Waals surface area contributed by atoms with Crippen molar-refractivity contribution < 1.29 is 19.1 Å². The van der Waals surface area contributed by atoms with Crippen molar-refractivity contribution in [3.05, 3.63) is 72.3 Å². The lowest BCUT2D eigenvalue weighted by atomic mass is 10.1. The van der Waals surface area contributed by atoms with E-state index in [-0.39, 0.29) is 30.0 Å². The van der Waals surface area contributed by atoms with Crippen molar-refractivity contribution in [2.45, 2.75) is 16.6 Å². The van der Waals surface area contributed by atoms with E-state index in [1.807, 2.05) is 66.7 Å². The number of amides is 2. The fourth-order valence-corrected chi connectivity index (χ4v) is 6.17. The van der Waals surface area contributed by atoms with Crippen molar-refractivity contribution in [1.29, 1.82) is 0 Å². The number of carbonyl (C=O) groups excluding carboxylic acids is 2. The maximum atomic E-state index is 13.4. The quantitative estimate of drug-likeness (QED) is 0.372. The first-order valence-electron chi connectivity index (χ1n) is 11.0. The average molecular weight is 506 g/mol. The van der Waals surface area contributed by atoms with Gasteiger partial charge in [-0.2, -0.15) is 0 Å². The number of methoxy groups -OCH3 is 2. The number of carbonyl (C=O) groups is 2. The highest BCUT2D eigenvalue weighted by Gasteiger charge is 2.31. The second-order valence-corrected chi connectivity index (χ2v) is 10.2. The zero-order valence-corrected chi connectivity index (χ0v) is 20.8. The largest absolute Gasteiger partial charge is 0.493 e. The molecule has 0 saturated heterocycles. The minimum absolute atomic E-state index is 0.0923. The third kappa shape index (κ3) is 4.82. The maximum absolute atomic E-state index is 13.4. The predicted octanol–water partition coefficient (Wildman–Crippen LogP) is 5.52. The van der Waals surface area contributed by atoms with Crippen molar-refractivity contribution in [3.8, 4) is 11.5 Å². The molecule has 7 nitrogen and oxygen atoms in total. The number of anilines is 2. The number of hydrogen-bond donors (Lipinski definition) is 1. The number of nitrogens with one attached hydrogen (secondary N) is 1. The maximum Gasteiger partial charge on any atom is 0.246 e. The Bertz CT molecular complexity index is 1370. The van der Waals surface area contributed by atoms with Gasteiger partial charge in [0.05, 0.1) is 30.1 Å². The van der Waals surface area contributed by atoms with E-state index in [0.717, 1.165) is 26.4 Å². The molecule has 1 N–H and O–H groups in total. The zero-order chi connectivity index (χ0) is 24.4. The highest BCUT2D eigenvalue weighted by atomic mass is 32.2. The summed E-state index contributed by atoms with van der Waals surface area (Å²) in [6, 6.07) is 21.1. The lowest BCUT2D eigenvalue weighted by Gasteiger charge is -2.21. The molecule has 1 unspecified atom stereocenters. The Morgan fingerprint density at radius 2 is 1.83 bits per heavy atom. The number of aromatic nitrogens is 1. The van der Waals surface area contributed by atoms with Gasteiger partial charge in [0.2, 0.25) is 11.8 Å². The first kappa shape index (κ1) is 23.2. The van der Waals surface area contributed by atoms with Crippen molar-refractivity contribution >= 4 is 55.9 Å². The Labute approximate surface area is 211 Å². The molecule has 0 radical (unpaired) electrons. The molecule has 0 spiro atoms. The summed E-state index contributed by atoms with van der Waals surface area (Å²) in [6.07, 6.45) is 0.239. The molecule has 35 heavy (non-hydrogen) atoms. The van der Waals surface area contributed by atoms with Gasteiger partial charge >= 0.3 is 0 Å². The molecular formula is C26H23N3O4S2. The van der Waals surface area contributed by atoms with Crippen LogP contribution in [0.15, 0.2) is 71.6 Å². The second-order valence-electron chi connectivity index (χ2n) is 7.91. The molecule has 5 rings (SSSR count). The predicted molar refractivity (Wildman–Crippen MR) is 140 cm³/mol. The van der Waals surface area contributed by atoms with E-state index in [0.29, 0.717) is 16.6 Å². The molecule has 3 aromatic carbocycles.